The van der Waals surface area contributed by atoms with Crippen LogP contribution < -0.4 is 0 Å². The number of unbranched alkanes of at least 4 members (excludes halogenated alkanes) is 1. The van der Waals surface area contributed by atoms with Crippen LogP contribution in [0, 0.1) is 0 Å². The van der Waals surface area contributed by atoms with Crippen molar-refractivity contribution in [1.82, 2.24) is 0 Å². The third-order valence-electron chi connectivity index (χ3n) is 4.23. The molecule has 0 saturated carbocycles. The van der Waals surface area contributed by atoms with Gasteiger partial charge >= 0.3 is 0 Å². The SMILES string of the molecule is CCCCOCCOC(CCS)COCCOC(CCS)COCCOC(O)CCS. The van der Waals surface area contributed by atoms with Crippen LogP contribution >= 0.6 is 37.9 Å². The highest BCUT2D eigenvalue weighted by atomic mass is 32.1. The fourth-order valence-electron chi connectivity index (χ4n) is 2.48. The molecule has 0 saturated heterocycles. The fraction of sp³-hybridized carbons (Fsp3) is 1.00. The topological polar surface area (TPSA) is 75.6 Å². The van der Waals surface area contributed by atoms with Gasteiger partial charge in [0.1, 0.15) is 0 Å². The van der Waals surface area contributed by atoms with Crippen molar-refractivity contribution in [2.45, 2.75) is 57.5 Å². The van der Waals surface area contributed by atoms with Gasteiger partial charge in [-0.2, -0.15) is 37.9 Å². The van der Waals surface area contributed by atoms with Crippen LogP contribution in [-0.2, 0) is 28.4 Å². The maximum atomic E-state index is 9.48. The first-order valence-electron chi connectivity index (χ1n) is 11.3. The molecule has 0 aliphatic carbocycles. The second kappa shape index (κ2) is 25.4. The molecule has 10 heteroatoms. The number of thiol groups is 3. The van der Waals surface area contributed by atoms with Crippen molar-refractivity contribution in [2.24, 2.45) is 0 Å². The zero-order chi connectivity index (χ0) is 23.0. The van der Waals surface area contributed by atoms with Crippen molar-refractivity contribution >= 4 is 37.9 Å². The standard InChI is InChI=1S/C21H44O7S3/c1-2-3-7-23-8-11-26-19(4-14-29)17-24-9-12-27-20(5-15-30)18-25-10-13-28-21(22)6-16-31/h19-22,29-31H,2-18H2,1H3. The largest absolute Gasteiger partial charge is 0.379 e. The summed E-state index contributed by atoms with van der Waals surface area (Å²) in [5.74, 6) is 2.04. The zero-order valence-electron chi connectivity index (χ0n) is 19.0. The lowest BCUT2D eigenvalue weighted by atomic mass is 10.3. The Balaban J connectivity index is 3.82. The summed E-state index contributed by atoms with van der Waals surface area (Å²) in [6, 6.07) is 0. The molecule has 188 valence electrons. The number of aliphatic hydroxyl groups excluding tert-OH is 1. The summed E-state index contributed by atoms with van der Waals surface area (Å²) < 4.78 is 33.7. The maximum Gasteiger partial charge on any atom is 0.155 e. The van der Waals surface area contributed by atoms with E-state index in [0.717, 1.165) is 38.0 Å². The molecule has 3 atom stereocenters. The lowest BCUT2D eigenvalue weighted by Crippen LogP contribution is -2.26. The summed E-state index contributed by atoms with van der Waals surface area (Å²) in [7, 11) is 0. The monoisotopic (exact) mass is 504 g/mol. The van der Waals surface area contributed by atoms with E-state index < -0.39 is 6.29 Å². The molecule has 0 radical (unpaired) electrons. The normalized spacial score (nSPS) is 14.6. The first kappa shape index (κ1) is 31.8. The Morgan fingerprint density at radius 2 is 1.10 bits per heavy atom. The van der Waals surface area contributed by atoms with Crippen molar-refractivity contribution < 1.29 is 33.5 Å². The second-order valence-corrected chi connectivity index (χ2v) is 8.31. The number of hydrogen-bond acceptors (Lipinski definition) is 10. The Bertz CT molecular complexity index is 357. The van der Waals surface area contributed by atoms with Crippen LogP contribution in [0.15, 0.2) is 0 Å². The molecule has 0 rings (SSSR count). The second-order valence-electron chi connectivity index (χ2n) is 6.96. The summed E-state index contributed by atoms with van der Waals surface area (Å²) in [6.07, 6.45) is 3.52. The molecule has 0 fully saturated rings. The number of hydrogen-bond donors (Lipinski definition) is 4. The van der Waals surface area contributed by atoms with Gasteiger partial charge in [-0.3, -0.25) is 0 Å². The highest BCUT2D eigenvalue weighted by Crippen LogP contribution is 2.04. The molecule has 0 aliphatic heterocycles. The Labute approximate surface area is 205 Å². The third kappa shape index (κ3) is 22.3. The summed E-state index contributed by atoms with van der Waals surface area (Å²) in [4.78, 5) is 0. The van der Waals surface area contributed by atoms with Gasteiger partial charge in [-0.15, -0.1) is 0 Å². The van der Waals surface area contributed by atoms with E-state index in [0.29, 0.717) is 70.8 Å². The van der Waals surface area contributed by atoms with Gasteiger partial charge in [-0.25, -0.2) is 0 Å². The summed E-state index contributed by atoms with van der Waals surface area (Å²) in [5, 5.41) is 9.48. The first-order chi connectivity index (χ1) is 15.2. The molecule has 0 aromatic heterocycles. The van der Waals surface area contributed by atoms with Gasteiger partial charge in [0.15, 0.2) is 6.29 Å². The van der Waals surface area contributed by atoms with Crippen LogP contribution in [-0.4, -0.2) is 100 Å². The van der Waals surface area contributed by atoms with E-state index in [1.165, 1.54) is 0 Å². The van der Waals surface area contributed by atoms with Crippen LogP contribution in [0.3, 0.4) is 0 Å². The van der Waals surface area contributed by atoms with E-state index >= 15 is 0 Å². The quantitative estimate of drug-likeness (QED) is 0.0865. The molecule has 0 aromatic rings. The predicted molar refractivity (Wildman–Crippen MR) is 134 cm³/mol. The van der Waals surface area contributed by atoms with Gasteiger partial charge in [0.2, 0.25) is 0 Å². The van der Waals surface area contributed by atoms with Gasteiger partial charge < -0.3 is 33.5 Å². The molecule has 0 spiro atoms. The van der Waals surface area contributed by atoms with E-state index in [9.17, 15) is 5.11 Å². The Kier molecular flexibility index (Phi) is 26.0. The van der Waals surface area contributed by atoms with Crippen LogP contribution in [0.5, 0.6) is 0 Å². The lowest BCUT2D eigenvalue weighted by molar-refractivity contribution is -0.118. The lowest BCUT2D eigenvalue weighted by Gasteiger charge is -2.19. The van der Waals surface area contributed by atoms with Gasteiger partial charge in [-0.05, 0) is 36.5 Å². The fourth-order valence-corrected chi connectivity index (χ4v) is 3.28. The molecule has 3 unspecified atom stereocenters. The minimum Gasteiger partial charge on any atom is -0.379 e. The number of ether oxygens (including phenoxy) is 6. The van der Waals surface area contributed by atoms with Gasteiger partial charge in [0.25, 0.3) is 0 Å². The molecule has 0 amide bonds. The average molecular weight is 505 g/mol. The van der Waals surface area contributed by atoms with Crippen molar-refractivity contribution in [2.75, 3.05) is 76.7 Å². The molecular formula is C21H44O7S3. The van der Waals surface area contributed by atoms with E-state index in [1.54, 1.807) is 0 Å². The van der Waals surface area contributed by atoms with E-state index in [-0.39, 0.29) is 12.2 Å². The van der Waals surface area contributed by atoms with Crippen LogP contribution in [0.25, 0.3) is 0 Å². The van der Waals surface area contributed by atoms with Gasteiger partial charge in [-0.1, -0.05) is 13.3 Å². The number of aliphatic hydroxyl groups is 1. The molecule has 7 nitrogen and oxygen atoms in total. The van der Waals surface area contributed by atoms with Crippen molar-refractivity contribution in [3.8, 4) is 0 Å². The minimum absolute atomic E-state index is 0.0155. The molecule has 0 bridgehead atoms. The highest BCUT2D eigenvalue weighted by Gasteiger charge is 2.11. The summed E-state index contributed by atoms with van der Waals surface area (Å²) in [5.41, 5.74) is 0. The van der Waals surface area contributed by atoms with Crippen LogP contribution in [0.4, 0.5) is 0 Å². The predicted octanol–water partition coefficient (Wildman–Crippen LogP) is 2.90. The van der Waals surface area contributed by atoms with Crippen molar-refractivity contribution in [1.29, 1.82) is 0 Å². The Morgan fingerprint density at radius 3 is 1.58 bits per heavy atom. The Hall–Kier alpha value is 0.770. The minimum atomic E-state index is -0.785. The first-order valence-corrected chi connectivity index (χ1v) is 13.2. The molecular weight excluding hydrogens is 460 g/mol. The Morgan fingerprint density at radius 1 is 0.613 bits per heavy atom. The van der Waals surface area contributed by atoms with Gasteiger partial charge in [0.05, 0.1) is 65.1 Å². The number of rotatable bonds is 25. The highest BCUT2D eigenvalue weighted by molar-refractivity contribution is 7.80. The molecule has 0 aliphatic rings. The summed E-state index contributed by atoms with van der Waals surface area (Å²) in [6.45, 7) is 6.77. The molecule has 31 heavy (non-hydrogen) atoms. The summed E-state index contributed by atoms with van der Waals surface area (Å²) >= 11 is 12.6. The van der Waals surface area contributed by atoms with Crippen LogP contribution in [0.1, 0.15) is 39.0 Å². The van der Waals surface area contributed by atoms with E-state index in [2.05, 4.69) is 44.8 Å². The smallest absolute Gasteiger partial charge is 0.155 e. The zero-order valence-corrected chi connectivity index (χ0v) is 21.7. The molecule has 0 aromatic carbocycles. The third-order valence-corrected chi connectivity index (χ3v) is 5.00. The molecule has 1 N–H and O–H groups in total. The van der Waals surface area contributed by atoms with E-state index in [4.69, 9.17) is 28.4 Å². The van der Waals surface area contributed by atoms with Crippen molar-refractivity contribution in [3.05, 3.63) is 0 Å². The van der Waals surface area contributed by atoms with Gasteiger partial charge in [0, 0.05) is 13.0 Å². The van der Waals surface area contributed by atoms with E-state index in [1.807, 2.05) is 0 Å². The van der Waals surface area contributed by atoms with Crippen LogP contribution in [0.2, 0.25) is 0 Å². The molecule has 0 heterocycles. The maximum absolute atomic E-state index is 9.48. The van der Waals surface area contributed by atoms with Crippen molar-refractivity contribution in [3.63, 3.8) is 0 Å². The average Bonchev–Trinajstić information content (AvgIpc) is 2.75.